The monoisotopic (exact) mass is 424 g/mol. The molecule has 1 atom stereocenters. The highest BCUT2D eigenvalue weighted by atomic mass is 32.2. The van der Waals surface area contributed by atoms with Gasteiger partial charge in [-0.15, -0.1) is 16.4 Å². The second-order valence-corrected chi connectivity index (χ2v) is 9.68. The predicted molar refractivity (Wildman–Crippen MR) is 119 cm³/mol. The molecule has 150 valence electrons. The van der Waals surface area contributed by atoms with Gasteiger partial charge in [-0.3, -0.25) is 9.83 Å². The summed E-state index contributed by atoms with van der Waals surface area (Å²) in [5.74, 6) is 0.717. The van der Waals surface area contributed by atoms with Crippen molar-refractivity contribution in [2.45, 2.75) is 50.6 Å². The Hall–Kier alpha value is -2.22. The summed E-state index contributed by atoms with van der Waals surface area (Å²) >= 11 is 3.37. The second-order valence-electron chi connectivity index (χ2n) is 7.29. The second kappa shape index (κ2) is 8.26. The first-order valence-corrected chi connectivity index (χ1v) is 11.2. The van der Waals surface area contributed by atoms with E-state index < -0.39 is 0 Å². The molecule has 5 nitrogen and oxygen atoms in total. The average molecular weight is 425 g/mol. The number of aryl methyl sites for hydroxylation is 4. The van der Waals surface area contributed by atoms with Gasteiger partial charge in [-0.2, -0.15) is 5.10 Å². The van der Waals surface area contributed by atoms with Gasteiger partial charge in [0.1, 0.15) is 17.7 Å². The maximum Gasteiger partial charge on any atom is 0.156 e. The number of aliphatic imine (C=N–C) groups is 1. The molecule has 0 amide bonds. The zero-order valence-corrected chi connectivity index (χ0v) is 18.9. The summed E-state index contributed by atoms with van der Waals surface area (Å²) in [6.45, 7) is 10.9. The minimum absolute atomic E-state index is 0.0164. The zero-order chi connectivity index (χ0) is 20.5. The third kappa shape index (κ3) is 4.22. The molecule has 2 aromatic heterocycles. The summed E-state index contributed by atoms with van der Waals surface area (Å²) in [5, 5.41) is 9.69. The number of hydroxylamine groups is 1. The molecule has 3 aromatic rings. The minimum Gasteiger partial charge on any atom is -0.272 e. The molecule has 0 fully saturated rings. The van der Waals surface area contributed by atoms with Crippen LogP contribution in [0, 0.1) is 34.6 Å². The molecule has 0 spiro atoms. The molecule has 3 heterocycles. The van der Waals surface area contributed by atoms with Gasteiger partial charge in [-0.25, -0.2) is 5.48 Å². The first kappa shape index (κ1) is 20.1. The van der Waals surface area contributed by atoms with E-state index in [1.165, 1.54) is 20.9 Å². The van der Waals surface area contributed by atoms with E-state index in [9.17, 15) is 0 Å². The summed E-state index contributed by atoms with van der Waals surface area (Å²) < 4.78 is 0. The van der Waals surface area contributed by atoms with Crippen molar-refractivity contribution in [1.29, 1.82) is 0 Å². The van der Waals surface area contributed by atoms with E-state index in [1.807, 2.05) is 6.92 Å². The van der Waals surface area contributed by atoms with E-state index >= 15 is 0 Å². The summed E-state index contributed by atoms with van der Waals surface area (Å²) in [6, 6.07) is 10.7. The van der Waals surface area contributed by atoms with Gasteiger partial charge in [0.05, 0.1) is 11.3 Å². The van der Waals surface area contributed by atoms with Crippen molar-refractivity contribution in [2.24, 2.45) is 4.99 Å². The van der Waals surface area contributed by atoms with Gasteiger partial charge < -0.3 is 0 Å². The molecule has 0 saturated heterocycles. The lowest BCUT2D eigenvalue weighted by molar-refractivity contribution is 0.0627. The van der Waals surface area contributed by atoms with Crippen molar-refractivity contribution >= 4 is 28.9 Å². The number of nitrogens with zero attached hydrogens (tertiary/aromatic N) is 3. The smallest absolute Gasteiger partial charge is 0.156 e. The van der Waals surface area contributed by atoms with Gasteiger partial charge in [-0.05, 0) is 75.6 Å². The maximum absolute atomic E-state index is 5.72. The number of hydrogen-bond acceptors (Lipinski definition) is 7. The molecule has 0 aliphatic carbocycles. The van der Waals surface area contributed by atoms with Gasteiger partial charge in [-0.1, -0.05) is 17.8 Å². The lowest BCUT2D eigenvalue weighted by Gasteiger charge is -2.23. The number of rotatable bonds is 4. The Bertz CT molecular complexity index is 1090. The van der Waals surface area contributed by atoms with E-state index in [1.54, 1.807) is 23.1 Å². The lowest BCUT2D eigenvalue weighted by atomic mass is 10.1. The van der Waals surface area contributed by atoms with Crippen LogP contribution in [-0.2, 0) is 4.84 Å². The molecule has 1 aliphatic rings. The first-order chi connectivity index (χ1) is 13.9. The standard InChI is InChI=1S/C22H24N4OS2/c1-12-6-8-17(10-13(12)2)29-22-20(15(4)16(5)24-25-22)21-23-18(11-27-26-21)19-9-7-14(3)28-19/h6-10,18H,11H2,1-5H3,(H,23,26)/t18-/m1/s1. The zero-order valence-electron chi connectivity index (χ0n) is 17.2. The highest BCUT2D eigenvalue weighted by Gasteiger charge is 2.24. The van der Waals surface area contributed by atoms with Crippen molar-refractivity contribution in [3.63, 3.8) is 0 Å². The highest BCUT2D eigenvalue weighted by Crippen LogP contribution is 2.34. The highest BCUT2D eigenvalue weighted by molar-refractivity contribution is 7.99. The Morgan fingerprint density at radius 1 is 1.03 bits per heavy atom. The predicted octanol–water partition coefficient (Wildman–Crippen LogP) is 5.25. The molecule has 7 heteroatoms. The number of hydrogen-bond donors (Lipinski definition) is 1. The van der Waals surface area contributed by atoms with Crippen LogP contribution in [0.5, 0.6) is 0 Å². The van der Waals surface area contributed by atoms with Crippen molar-refractivity contribution in [1.82, 2.24) is 15.7 Å². The molecule has 1 aliphatic heterocycles. The SMILES string of the molecule is Cc1ccc([C@H]2CONC(c3c(Sc4ccc(C)c(C)c4)nnc(C)c3C)=N2)s1. The van der Waals surface area contributed by atoms with Crippen LogP contribution in [0.4, 0.5) is 0 Å². The molecule has 29 heavy (non-hydrogen) atoms. The van der Waals surface area contributed by atoms with Crippen molar-refractivity contribution in [3.8, 4) is 0 Å². The first-order valence-electron chi connectivity index (χ1n) is 9.53. The van der Waals surface area contributed by atoms with Crippen LogP contribution in [0.3, 0.4) is 0 Å². The van der Waals surface area contributed by atoms with Crippen LogP contribution < -0.4 is 5.48 Å². The molecule has 0 saturated carbocycles. The number of amidine groups is 1. The van der Waals surface area contributed by atoms with Crippen LogP contribution in [-0.4, -0.2) is 22.6 Å². The summed E-state index contributed by atoms with van der Waals surface area (Å²) in [6.07, 6.45) is 0. The Balaban J connectivity index is 1.74. The fourth-order valence-corrected chi connectivity index (χ4v) is 5.06. The van der Waals surface area contributed by atoms with Crippen molar-refractivity contribution < 1.29 is 4.84 Å². The fraction of sp³-hybridized carbons (Fsp3) is 0.318. The van der Waals surface area contributed by atoms with Crippen LogP contribution >= 0.6 is 23.1 Å². The van der Waals surface area contributed by atoms with Gasteiger partial charge in [0.25, 0.3) is 0 Å². The quantitative estimate of drug-likeness (QED) is 0.619. The van der Waals surface area contributed by atoms with Gasteiger partial charge in [0, 0.05) is 14.6 Å². The average Bonchev–Trinajstić information content (AvgIpc) is 3.14. The lowest BCUT2D eigenvalue weighted by Crippen LogP contribution is -2.33. The summed E-state index contributed by atoms with van der Waals surface area (Å²) in [4.78, 5) is 14.3. The van der Waals surface area contributed by atoms with E-state index in [0.29, 0.717) is 12.4 Å². The minimum atomic E-state index is -0.0164. The largest absolute Gasteiger partial charge is 0.272 e. The Kier molecular flexibility index (Phi) is 5.72. The maximum atomic E-state index is 5.72. The number of aromatic nitrogens is 2. The van der Waals surface area contributed by atoms with Gasteiger partial charge in [0.15, 0.2) is 5.84 Å². The Morgan fingerprint density at radius 2 is 1.86 bits per heavy atom. The molecule has 1 N–H and O–H groups in total. The Labute approximate surface area is 179 Å². The third-order valence-electron chi connectivity index (χ3n) is 5.14. The molecule has 0 radical (unpaired) electrons. The fourth-order valence-electron chi connectivity index (χ4n) is 3.13. The molecule has 4 rings (SSSR count). The summed E-state index contributed by atoms with van der Waals surface area (Å²) in [5.41, 5.74) is 8.48. The van der Waals surface area contributed by atoms with Crippen molar-refractivity contribution in [3.05, 3.63) is 68.0 Å². The van der Waals surface area contributed by atoms with E-state index in [4.69, 9.17) is 9.83 Å². The van der Waals surface area contributed by atoms with Crippen LogP contribution in [0.1, 0.15) is 43.7 Å². The topological polar surface area (TPSA) is 59.4 Å². The third-order valence-corrected chi connectivity index (χ3v) is 7.21. The van der Waals surface area contributed by atoms with Crippen LogP contribution in [0.25, 0.3) is 0 Å². The van der Waals surface area contributed by atoms with Gasteiger partial charge >= 0.3 is 0 Å². The number of benzene rings is 1. The van der Waals surface area contributed by atoms with E-state index in [-0.39, 0.29) is 6.04 Å². The molecular weight excluding hydrogens is 400 g/mol. The molecule has 1 aromatic carbocycles. The number of thiophene rings is 1. The van der Waals surface area contributed by atoms with Crippen molar-refractivity contribution in [2.75, 3.05) is 6.61 Å². The number of nitrogens with one attached hydrogen (secondary N) is 1. The van der Waals surface area contributed by atoms with Crippen LogP contribution in [0.2, 0.25) is 0 Å². The Morgan fingerprint density at radius 3 is 2.59 bits per heavy atom. The molecular formula is C22H24N4OS2. The van der Waals surface area contributed by atoms with E-state index in [0.717, 1.165) is 26.7 Å². The molecule has 0 unspecified atom stereocenters. The summed E-state index contributed by atoms with van der Waals surface area (Å²) in [7, 11) is 0. The molecule has 0 bridgehead atoms. The normalized spacial score (nSPS) is 16.4. The van der Waals surface area contributed by atoms with Gasteiger partial charge in [0.2, 0.25) is 0 Å². The van der Waals surface area contributed by atoms with E-state index in [2.05, 4.69) is 73.7 Å². The van der Waals surface area contributed by atoms with Crippen LogP contribution in [0.15, 0.2) is 45.2 Å².